The van der Waals surface area contributed by atoms with Gasteiger partial charge in [0.2, 0.25) is 0 Å². The molecule has 0 radical (unpaired) electrons. The highest BCUT2D eigenvalue weighted by molar-refractivity contribution is 7.81. The molecule has 0 aliphatic carbocycles. The summed E-state index contributed by atoms with van der Waals surface area (Å²) in [4.78, 5) is 12.7. The van der Waals surface area contributed by atoms with Crippen LogP contribution in [0.1, 0.15) is 24.0 Å². The van der Waals surface area contributed by atoms with Crippen LogP contribution in [-0.4, -0.2) is 47.4 Å². The van der Waals surface area contributed by atoms with Gasteiger partial charge < -0.3 is 9.64 Å². The Morgan fingerprint density at radius 3 is 2.68 bits per heavy atom. The Bertz CT molecular complexity index is 542. The smallest absolute Gasteiger partial charge is 0.293 e. The van der Waals surface area contributed by atoms with Crippen LogP contribution in [0.4, 0.5) is 5.69 Å². The maximum atomic E-state index is 11.5. The molecule has 0 bridgehead atoms. The van der Waals surface area contributed by atoms with Crippen molar-refractivity contribution in [3.63, 3.8) is 0 Å². The summed E-state index contributed by atoms with van der Waals surface area (Å²) >= 11 is 0. The van der Waals surface area contributed by atoms with Gasteiger partial charge in [0.05, 0.1) is 11.0 Å². The first-order valence-electron chi connectivity index (χ1n) is 7.49. The Balaban J connectivity index is 2.10. The fourth-order valence-electron chi connectivity index (χ4n) is 2.98. The van der Waals surface area contributed by atoms with Gasteiger partial charge in [-0.05, 0) is 25.8 Å². The fourth-order valence-corrected chi connectivity index (χ4v) is 3.71. The minimum atomic E-state index is -0.880. The molecule has 1 heterocycles. The fraction of sp³-hybridized carbons (Fsp3) is 0.562. The average Bonchev–Trinajstić information content (AvgIpc) is 2.52. The van der Waals surface area contributed by atoms with Gasteiger partial charge in [0.1, 0.15) is 6.61 Å². The van der Waals surface area contributed by atoms with Crippen molar-refractivity contribution in [1.29, 1.82) is 0 Å². The number of hydrogen-bond acceptors (Lipinski definition) is 4. The number of carbonyl (C=O) groups excluding carboxylic acids is 1. The Morgan fingerprint density at radius 1 is 1.41 bits per heavy atom. The van der Waals surface area contributed by atoms with Crippen LogP contribution in [-0.2, 0) is 27.1 Å². The van der Waals surface area contributed by atoms with Gasteiger partial charge in [0.15, 0.2) is 0 Å². The minimum absolute atomic E-state index is 0.294. The quantitative estimate of drug-likeness (QED) is 0.750. The second kappa shape index (κ2) is 7.74. The van der Waals surface area contributed by atoms with E-state index in [-0.39, 0.29) is 0 Å². The van der Waals surface area contributed by atoms with Crippen molar-refractivity contribution < 1.29 is 13.7 Å². The second-order valence-corrected chi connectivity index (χ2v) is 7.10. The van der Waals surface area contributed by atoms with Crippen LogP contribution in [0.2, 0.25) is 0 Å². The second-order valence-electron chi connectivity index (χ2n) is 5.73. The Labute approximate surface area is 134 Å². The van der Waals surface area contributed by atoms with Crippen molar-refractivity contribution in [3.05, 3.63) is 29.3 Å². The largest absolute Gasteiger partial charge is 0.463 e. The van der Waals surface area contributed by atoms with E-state index in [0.717, 1.165) is 42.7 Å². The Kier molecular flexibility index (Phi) is 5.97. The van der Waals surface area contributed by atoms with Crippen LogP contribution in [0.5, 0.6) is 0 Å². The van der Waals surface area contributed by atoms with Gasteiger partial charge in [-0.2, -0.15) is 0 Å². The normalized spacial score (nSPS) is 18.0. The van der Waals surface area contributed by atoms with Gasteiger partial charge in [-0.25, -0.2) is 8.51 Å². The van der Waals surface area contributed by atoms with E-state index in [1.807, 2.05) is 11.2 Å². The molecule has 22 heavy (non-hydrogen) atoms. The van der Waals surface area contributed by atoms with Crippen molar-refractivity contribution in [1.82, 2.24) is 4.31 Å². The number of carbonyl (C=O) groups is 1. The number of aryl methyl sites for hydroxylation is 1. The number of ether oxygens (including phenoxy) is 1. The summed E-state index contributed by atoms with van der Waals surface area (Å²) in [6.45, 7) is 4.52. The molecule has 1 unspecified atom stereocenters. The summed E-state index contributed by atoms with van der Waals surface area (Å²) < 4.78 is 18.5. The third-order valence-corrected chi connectivity index (χ3v) is 5.35. The molecule has 6 heteroatoms. The number of piperidine rings is 1. The summed E-state index contributed by atoms with van der Waals surface area (Å²) in [5.41, 5.74) is 3.28. The Hall–Kier alpha value is -1.40. The van der Waals surface area contributed by atoms with E-state index in [1.165, 1.54) is 0 Å². The number of benzene rings is 1. The van der Waals surface area contributed by atoms with E-state index < -0.39 is 11.0 Å². The summed E-state index contributed by atoms with van der Waals surface area (Å²) in [6.07, 6.45) is 3.70. The highest BCUT2D eigenvalue weighted by atomic mass is 32.2. The lowest BCUT2D eigenvalue weighted by Gasteiger charge is -2.37. The lowest BCUT2D eigenvalue weighted by Crippen LogP contribution is -2.44. The van der Waals surface area contributed by atoms with E-state index in [1.54, 1.807) is 6.26 Å². The first kappa shape index (κ1) is 17.0. The van der Waals surface area contributed by atoms with E-state index in [2.05, 4.69) is 30.1 Å². The maximum Gasteiger partial charge on any atom is 0.293 e. The molecule has 5 nitrogen and oxygen atoms in total. The monoisotopic (exact) mass is 324 g/mol. The number of anilines is 1. The first-order chi connectivity index (χ1) is 10.5. The van der Waals surface area contributed by atoms with Gasteiger partial charge in [0, 0.05) is 43.7 Å². The van der Waals surface area contributed by atoms with Crippen LogP contribution in [0, 0.1) is 6.92 Å². The zero-order valence-electron chi connectivity index (χ0n) is 13.4. The summed E-state index contributed by atoms with van der Waals surface area (Å²) in [5.74, 6) is 0. The molecular weight excluding hydrogens is 300 g/mol. The zero-order chi connectivity index (χ0) is 16.1. The van der Waals surface area contributed by atoms with Crippen LogP contribution >= 0.6 is 0 Å². The standard InChI is InChI=1S/C16H24N2O3S/c1-13-4-5-16(14(10-13)11-21-12-19)17(2)15-6-8-18(9-7-15)22(3)20/h4-5,10,12,15H,6-9,11H2,1-3H3. The minimum Gasteiger partial charge on any atom is -0.463 e. The van der Waals surface area contributed by atoms with Gasteiger partial charge in [-0.1, -0.05) is 17.7 Å². The molecule has 1 aliphatic heterocycles. The third kappa shape index (κ3) is 4.08. The van der Waals surface area contributed by atoms with E-state index >= 15 is 0 Å². The number of rotatable bonds is 6. The third-order valence-electron chi connectivity index (χ3n) is 4.26. The highest BCUT2D eigenvalue weighted by Gasteiger charge is 2.25. The van der Waals surface area contributed by atoms with E-state index in [4.69, 9.17) is 4.74 Å². The summed E-state index contributed by atoms with van der Waals surface area (Å²) in [5, 5.41) is 0. The average molecular weight is 324 g/mol. The first-order valence-corrected chi connectivity index (χ1v) is 9.00. The predicted molar refractivity (Wildman–Crippen MR) is 89.1 cm³/mol. The number of nitrogens with zero attached hydrogens (tertiary/aromatic N) is 2. The highest BCUT2D eigenvalue weighted by Crippen LogP contribution is 2.27. The molecule has 1 aromatic rings. The van der Waals surface area contributed by atoms with Gasteiger partial charge in [-0.3, -0.25) is 4.79 Å². The van der Waals surface area contributed by atoms with E-state index in [0.29, 0.717) is 19.1 Å². The molecule has 1 saturated heterocycles. The Morgan fingerprint density at radius 2 is 2.09 bits per heavy atom. The molecule has 1 aliphatic rings. The van der Waals surface area contributed by atoms with Crippen LogP contribution < -0.4 is 4.90 Å². The van der Waals surface area contributed by atoms with Crippen molar-refractivity contribution in [2.45, 2.75) is 32.4 Å². The lowest BCUT2D eigenvalue weighted by atomic mass is 10.0. The predicted octanol–water partition coefficient (Wildman–Crippen LogP) is 1.86. The molecule has 0 N–H and O–H groups in total. The SMILES string of the molecule is Cc1ccc(N(C)C2CCN(S(C)=O)CC2)c(COC=O)c1. The van der Waals surface area contributed by atoms with Crippen molar-refractivity contribution in [3.8, 4) is 0 Å². The van der Waals surface area contributed by atoms with Crippen LogP contribution in [0.3, 0.4) is 0 Å². The lowest BCUT2D eigenvalue weighted by molar-refractivity contribution is -0.129. The summed E-state index contributed by atoms with van der Waals surface area (Å²) in [6, 6.07) is 6.64. The molecule has 0 amide bonds. The molecule has 1 aromatic carbocycles. The molecule has 0 aromatic heterocycles. The topological polar surface area (TPSA) is 49.9 Å². The van der Waals surface area contributed by atoms with Crippen LogP contribution in [0.15, 0.2) is 18.2 Å². The van der Waals surface area contributed by atoms with Gasteiger partial charge in [-0.15, -0.1) is 0 Å². The molecule has 1 fully saturated rings. The molecular formula is C16H24N2O3S. The van der Waals surface area contributed by atoms with Crippen molar-refractivity contribution in [2.24, 2.45) is 0 Å². The molecule has 1 atom stereocenters. The molecule has 2 rings (SSSR count). The maximum absolute atomic E-state index is 11.5. The zero-order valence-corrected chi connectivity index (χ0v) is 14.3. The van der Waals surface area contributed by atoms with Crippen LogP contribution in [0.25, 0.3) is 0 Å². The number of hydrogen-bond donors (Lipinski definition) is 0. The van der Waals surface area contributed by atoms with Gasteiger partial charge >= 0.3 is 0 Å². The molecule has 0 spiro atoms. The van der Waals surface area contributed by atoms with E-state index in [9.17, 15) is 9.00 Å². The molecule has 122 valence electrons. The van der Waals surface area contributed by atoms with Crippen molar-refractivity contribution in [2.75, 3.05) is 31.3 Å². The van der Waals surface area contributed by atoms with Crippen molar-refractivity contribution >= 4 is 23.1 Å². The summed E-state index contributed by atoms with van der Waals surface area (Å²) in [7, 11) is 1.20. The van der Waals surface area contributed by atoms with Gasteiger partial charge in [0.25, 0.3) is 6.47 Å². The molecule has 0 saturated carbocycles.